The van der Waals surface area contributed by atoms with Crippen LogP contribution < -0.4 is 5.32 Å². The number of aryl methyl sites for hydroxylation is 2. The van der Waals surface area contributed by atoms with Crippen LogP contribution in [0.5, 0.6) is 0 Å². The molecular weight excluding hydrogens is 234 g/mol. The Bertz CT molecular complexity index is 516. The van der Waals surface area contributed by atoms with E-state index in [4.69, 9.17) is 0 Å². The molecule has 3 nitrogen and oxygen atoms in total. The second-order valence-electron chi connectivity index (χ2n) is 5.05. The molecule has 0 fully saturated rings. The third-order valence-electron chi connectivity index (χ3n) is 3.42. The molecule has 0 aliphatic carbocycles. The van der Waals surface area contributed by atoms with E-state index in [0.717, 1.165) is 25.1 Å². The van der Waals surface area contributed by atoms with Crippen LogP contribution in [0.4, 0.5) is 0 Å². The van der Waals surface area contributed by atoms with Crippen LogP contribution in [-0.2, 0) is 13.5 Å². The number of benzene rings is 1. The molecule has 0 bridgehead atoms. The molecule has 0 amide bonds. The van der Waals surface area contributed by atoms with Crippen LogP contribution in [-0.4, -0.2) is 16.3 Å². The fourth-order valence-corrected chi connectivity index (χ4v) is 2.28. The molecule has 102 valence electrons. The van der Waals surface area contributed by atoms with E-state index in [1.54, 1.807) is 0 Å². The normalized spacial score (nSPS) is 12.6. The smallest absolute Gasteiger partial charge is 0.0797 e. The van der Waals surface area contributed by atoms with Crippen molar-refractivity contribution in [2.45, 2.75) is 32.7 Å². The minimum absolute atomic E-state index is 0.294. The molecule has 1 aromatic carbocycles. The van der Waals surface area contributed by atoms with Crippen LogP contribution in [0.3, 0.4) is 0 Å². The van der Waals surface area contributed by atoms with Gasteiger partial charge in [-0.2, -0.15) is 5.10 Å². The van der Waals surface area contributed by atoms with Crippen LogP contribution >= 0.6 is 0 Å². The molecule has 0 saturated heterocycles. The second kappa shape index (κ2) is 6.53. The summed E-state index contributed by atoms with van der Waals surface area (Å²) in [5.74, 6) is 0. The molecule has 1 atom stereocenters. The average molecular weight is 257 g/mol. The van der Waals surface area contributed by atoms with Crippen molar-refractivity contribution in [1.82, 2.24) is 15.1 Å². The highest BCUT2D eigenvalue weighted by molar-refractivity contribution is 5.27. The van der Waals surface area contributed by atoms with Crippen molar-refractivity contribution in [2.75, 3.05) is 6.54 Å². The maximum Gasteiger partial charge on any atom is 0.0797 e. The lowest BCUT2D eigenvalue weighted by molar-refractivity contribution is 0.510. The monoisotopic (exact) mass is 257 g/mol. The number of nitrogens with zero attached hydrogens (tertiary/aromatic N) is 2. The lowest BCUT2D eigenvalue weighted by atomic mass is 9.99. The highest BCUT2D eigenvalue weighted by atomic mass is 15.3. The first-order valence-corrected chi connectivity index (χ1v) is 6.98. The van der Waals surface area contributed by atoms with Gasteiger partial charge in [0.15, 0.2) is 0 Å². The molecule has 1 unspecified atom stereocenters. The van der Waals surface area contributed by atoms with E-state index in [1.807, 2.05) is 17.9 Å². The van der Waals surface area contributed by atoms with Gasteiger partial charge in [-0.1, -0.05) is 31.2 Å². The summed E-state index contributed by atoms with van der Waals surface area (Å²) < 4.78 is 1.87. The second-order valence-corrected chi connectivity index (χ2v) is 5.05. The summed E-state index contributed by atoms with van der Waals surface area (Å²) in [6.07, 6.45) is 4.13. The summed E-state index contributed by atoms with van der Waals surface area (Å²) in [4.78, 5) is 0. The zero-order chi connectivity index (χ0) is 13.7. The molecule has 0 radical (unpaired) electrons. The number of hydrogen-bond donors (Lipinski definition) is 1. The molecule has 19 heavy (non-hydrogen) atoms. The van der Waals surface area contributed by atoms with E-state index >= 15 is 0 Å². The molecule has 0 saturated carbocycles. The molecular formula is C16H23N3. The van der Waals surface area contributed by atoms with E-state index in [0.29, 0.717) is 6.04 Å². The van der Waals surface area contributed by atoms with Crippen molar-refractivity contribution in [1.29, 1.82) is 0 Å². The fraction of sp³-hybridized carbons (Fsp3) is 0.438. The molecule has 3 heteroatoms. The van der Waals surface area contributed by atoms with Gasteiger partial charge in [-0.05, 0) is 43.5 Å². The lowest BCUT2D eigenvalue weighted by Gasteiger charge is -2.17. The van der Waals surface area contributed by atoms with Gasteiger partial charge in [0.25, 0.3) is 0 Å². The molecule has 0 aliphatic rings. The Morgan fingerprint density at radius 1 is 1.26 bits per heavy atom. The van der Waals surface area contributed by atoms with Gasteiger partial charge in [0.1, 0.15) is 0 Å². The summed E-state index contributed by atoms with van der Waals surface area (Å²) >= 11 is 0. The summed E-state index contributed by atoms with van der Waals surface area (Å²) in [6.45, 7) is 5.38. The zero-order valence-corrected chi connectivity index (χ0v) is 12.1. The van der Waals surface area contributed by atoms with E-state index in [-0.39, 0.29) is 0 Å². The van der Waals surface area contributed by atoms with Crippen molar-refractivity contribution < 1.29 is 0 Å². The van der Waals surface area contributed by atoms with Gasteiger partial charge in [0, 0.05) is 13.2 Å². The number of aromatic nitrogens is 2. The third kappa shape index (κ3) is 3.67. The molecule has 1 heterocycles. The Labute approximate surface area is 115 Å². The van der Waals surface area contributed by atoms with Gasteiger partial charge >= 0.3 is 0 Å². The fourth-order valence-electron chi connectivity index (χ4n) is 2.28. The maximum atomic E-state index is 4.54. The Balaban J connectivity index is 2.16. The molecule has 0 aliphatic heterocycles. The number of nitrogens with one attached hydrogen (secondary N) is 1. The molecule has 0 spiro atoms. The highest BCUT2D eigenvalue weighted by Crippen LogP contribution is 2.19. The first-order valence-electron chi connectivity index (χ1n) is 6.98. The van der Waals surface area contributed by atoms with Crippen LogP contribution in [0, 0.1) is 6.92 Å². The molecule has 2 rings (SSSR count). The van der Waals surface area contributed by atoms with Crippen LogP contribution in [0.25, 0.3) is 0 Å². The molecule has 1 N–H and O–H groups in total. The van der Waals surface area contributed by atoms with E-state index in [1.165, 1.54) is 11.1 Å². The van der Waals surface area contributed by atoms with Gasteiger partial charge in [0.2, 0.25) is 0 Å². The van der Waals surface area contributed by atoms with Crippen LogP contribution in [0.15, 0.2) is 36.5 Å². The number of hydrogen-bond acceptors (Lipinski definition) is 2. The Kier molecular flexibility index (Phi) is 4.74. The van der Waals surface area contributed by atoms with Crippen LogP contribution in [0.2, 0.25) is 0 Å². The average Bonchev–Trinajstić information content (AvgIpc) is 2.83. The Hall–Kier alpha value is -1.61. The summed E-state index contributed by atoms with van der Waals surface area (Å²) in [5, 5.41) is 8.14. The minimum Gasteiger partial charge on any atom is -0.308 e. The van der Waals surface area contributed by atoms with Crippen molar-refractivity contribution in [3.8, 4) is 0 Å². The van der Waals surface area contributed by atoms with Gasteiger partial charge < -0.3 is 5.32 Å². The Morgan fingerprint density at radius 3 is 2.68 bits per heavy atom. The Morgan fingerprint density at radius 2 is 2.05 bits per heavy atom. The third-order valence-corrected chi connectivity index (χ3v) is 3.42. The van der Waals surface area contributed by atoms with E-state index in [2.05, 4.69) is 54.6 Å². The first kappa shape index (κ1) is 13.8. The summed E-state index contributed by atoms with van der Waals surface area (Å²) in [5.41, 5.74) is 3.86. The van der Waals surface area contributed by atoms with E-state index in [9.17, 15) is 0 Å². The zero-order valence-electron chi connectivity index (χ0n) is 12.1. The van der Waals surface area contributed by atoms with E-state index < -0.39 is 0 Å². The molecule has 2 aromatic rings. The largest absolute Gasteiger partial charge is 0.308 e. The van der Waals surface area contributed by atoms with Crippen molar-refractivity contribution in [3.05, 3.63) is 53.3 Å². The minimum atomic E-state index is 0.294. The summed E-state index contributed by atoms with van der Waals surface area (Å²) in [6, 6.07) is 11.0. The lowest BCUT2D eigenvalue weighted by Crippen LogP contribution is -2.25. The van der Waals surface area contributed by atoms with Gasteiger partial charge in [0.05, 0.1) is 11.7 Å². The standard InChI is InChI=1S/C16H23N3/c1-4-10-17-16(15-9-11-19(3)18-15)12-14-8-6-5-7-13(14)2/h5-9,11,16-17H,4,10,12H2,1-3H3. The first-order chi connectivity index (χ1) is 9.20. The van der Waals surface area contributed by atoms with Crippen molar-refractivity contribution in [2.24, 2.45) is 7.05 Å². The van der Waals surface area contributed by atoms with Crippen molar-refractivity contribution in [3.63, 3.8) is 0 Å². The van der Waals surface area contributed by atoms with Crippen molar-refractivity contribution >= 4 is 0 Å². The predicted octanol–water partition coefficient (Wildman–Crippen LogP) is 3.01. The molecule has 1 aromatic heterocycles. The maximum absolute atomic E-state index is 4.54. The SMILES string of the molecule is CCCNC(Cc1ccccc1C)c1ccn(C)n1. The van der Waals surface area contributed by atoms with Crippen LogP contribution in [0.1, 0.15) is 36.2 Å². The predicted molar refractivity (Wildman–Crippen MR) is 79.1 cm³/mol. The number of rotatable bonds is 6. The highest BCUT2D eigenvalue weighted by Gasteiger charge is 2.14. The van der Waals surface area contributed by atoms with Gasteiger partial charge in [-0.3, -0.25) is 4.68 Å². The van der Waals surface area contributed by atoms with Gasteiger partial charge in [-0.15, -0.1) is 0 Å². The topological polar surface area (TPSA) is 29.9 Å². The van der Waals surface area contributed by atoms with Gasteiger partial charge in [-0.25, -0.2) is 0 Å². The quantitative estimate of drug-likeness (QED) is 0.862. The summed E-state index contributed by atoms with van der Waals surface area (Å²) in [7, 11) is 1.97.